The number of allylic oxidation sites excluding steroid dienone is 2. The maximum Gasteiger partial charge on any atom is 0.267 e. The van der Waals surface area contributed by atoms with Crippen LogP contribution in [0, 0.1) is 0 Å². The van der Waals surface area contributed by atoms with Gasteiger partial charge in [-0.05, 0) is 32.1 Å². The zero-order valence-electron chi connectivity index (χ0n) is 23.5. The average molecular weight is 601 g/mol. The molecule has 0 fully saturated rings. The fraction of sp³-hybridized carbons (Fsp3) is 0.885. The average Bonchev–Trinajstić information content (AvgIpc) is 2.79. The van der Waals surface area contributed by atoms with Crippen LogP contribution in [0.15, 0.2) is 12.2 Å². The molecule has 0 spiro atoms. The van der Waals surface area contributed by atoms with E-state index in [2.05, 4.69) is 24.4 Å². The maximum atomic E-state index is 12.1. The Kier molecular flexibility index (Phi) is 22.0. The second kappa shape index (κ2) is 22.6. The predicted molar refractivity (Wildman–Crippen MR) is 154 cm³/mol. The molecule has 0 saturated carbocycles. The number of nitrogens with one attached hydrogen (secondary N) is 1. The molecule has 2 unspecified atom stereocenters. The largest absolute Gasteiger partial charge is 0.391 e. The molecule has 0 aromatic carbocycles. The summed E-state index contributed by atoms with van der Waals surface area (Å²) in [5.41, 5.74) is 0. The Hall–Kier alpha value is -1.09. The summed E-state index contributed by atoms with van der Waals surface area (Å²) in [5, 5.41) is 22.5. The molecular weight excluding hydrogens is 548 g/mol. The Morgan fingerprint density at radius 3 is 1.64 bits per heavy atom. The first kappa shape index (κ1) is 37.9. The van der Waals surface area contributed by atoms with E-state index in [0.717, 1.165) is 44.9 Å². The lowest BCUT2D eigenvalue weighted by atomic mass is 10.1. The molecule has 0 aromatic heterocycles. The zero-order valence-corrected chi connectivity index (χ0v) is 25.2. The number of aliphatic hydroxyl groups excluding tert-OH is 2. The van der Waals surface area contributed by atoms with Gasteiger partial charge in [-0.3, -0.25) is 18.8 Å². The van der Waals surface area contributed by atoms with Crippen LogP contribution in [0.1, 0.15) is 96.8 Å². The van der Waals surface area contributed by atoms with Crippen molar-refractivity contribution in [3.8, 4) is 0 Å². The van der Waals surface area contributed by atoms with Crippen LogP contribution in [0.5, 0.6) is 0 Å². The van der Waals surface area contributed by atoms with Crippen molar-refractivity contribution in [2.45, 2.75) is 109 Å². The lowest BCUT2D eigenvalue weighted by molar-refractivity contribution is -0.121. The molecule has 232 valence electrons. The smallest absolute Gasteiger partial charge is 0.267 e. The van der Waals surface area contributed by atoms with Crippen molar-refractivity contribution in [1.82, 2.24) is 10.2 Å². The number of carbonyl (C=O) groups excluding carboxylic acids is 1. The van der Waals surface area contributed by atoms with E-state index in [9.17, 15) is 31.8 Å². The van der Waals surface area contributed by atoms with Crippen LogP contribution in [-0.2, 0) is 25.0 Å². The lowest BCUT2D eigenvalue weighted by Gasteiger charge is -2.26. The molecule has 39 heavy (non-hydrogen) atoms. The molecule has 0 bridgehead atoms. The summed E-state index contributed by atoms with van der Waals surface area (Å²) < 4.78 is 61.7. The van der Waals surface area contributed by atoms with E-state index in [0.29, 0.717) is 6.42 Å². The molecule has 11 nitrogen and oxygen atoms in total. The summed E-state index contributed by atoms with van der Waals surface area (Å²) in [6.07, 6.45) is 17.1. The van der Waals surface area contributed by atoms with Gasteiger partial charge in [0.25, 0.3) is 20.2 Å². The molecule has 0 aliphatic carbocycles. The quantitative estimate of drug-likeness (QED) is 0.0562. The van der Waals surface area contributed by atoms with Crippen molar-refractivity contribution in [1.29, 1.82) is 0 Å². The van der Waals surface area contributed by atoms with Crippen molar-refractivity contribution in [3.05, 3.63) is 12.2 Å². The number of aliphatic hydroxyl groups is 2. The molecule has 0 heterocycles. The van der Waals surface area contributed by atoms with Crippen LogP contribution >= 0.6 is 0 Å². The highest BCUT2D eigenvalue weighted by molar-refractivity contribution is 7.86. The number of hydrogen-bond donors (Lipinski definition) is 5. The normalized spacial score (nSPS) is 14.2. The maximum absolute atomic E-state index is 12.1. The number of rotatable bonds is 26. The SMILES string of the molecule is CCCCCCCC/C=C\CCCCCCCC(=O)NCCN(CC(O)CS(=O)(=O)O)CC(O)CS(=O)(=O)O. The van der Waals surface area contributed by atoms with Crippen LogP contribution in [0.2, 0.25) is 0 Å². The van der Waals surface area contributed by atoms with Gasteiger partial charge in [-0.2, -0.15) is 16.8 Å². The molecule has 1 amide bonds. The van der Waals surface area contributed by atoms with E-state index in [1.54, 1.807) is 0 Å². The van der Waals surface area contributed by atoms with Crippen molar-refractivity contribution in [2.24, 2.45) is 0 Å². The third-order valence-corrected chi connectivity index (χ3v) is 7.77. The first-order valence-corrected chi connectivity index (χ1v) is 17.4. The van der Waals surface area contributed by atoms with Gasteiger partial charge in [0.2, 0.25) is 5.91 Å². The summed E-state index contributed by atoms with van der Waals surface area (Å²) in [6, 6.07) is 0. The number of unbranched alkanes of at least 4 members (excludes halogenated alkanes) is 11. The Morgan fingerprint density at radius 2 is 1.18 bits per heavy atom. The van der Waals surface area contributed by atoms with E-state index in [1.807, 2.05) is 0 Å². The highest BCUT2D eigenvalue weighted by Gasteiger charge is 2.22. The van der Waals surface area contributed by atoms with Crippen LogP contribution < -0.4 is 5.32 Å². The van der Waals surface area contributed by atoms with E-state index >= 15 is 0 Å². The van der Waals surface area contributed by atoms with Gasteiger partial charge in [-0.15, -0.1) is 0 Å². The summed E-state index contributed by atoms with van der Waals surface area (Å²) in [6.45, 7) is 1.84. The minimum atomic E-state index is -4.44. The van der Waals surface area contributed by atoms with E-state index in [4.69, 9.17) is 9.11 Å². The van der Waals surface area contributed by atoms with Gasteiger partial charge < -0.3 is 15.5 Å². The van der Waals surface area contributed by atoms with Gasteiger partial charge in [-0.25, -0.2) is 0 Å². The molecule has 0 saturated heterocycles. The zero-order chi connectivity index (χ0) is 29.6. The number of carbonyl (C=O) groups is 1. The van der Waals surface area contributed by atoms with Gasteiger partial charge in [0.1, 0.15) is 11.5 Å². The molecule has 0 aliphatic heterocycles. The standard InChI is InChI=1S/C26H52N2O9S2/c1-2-3-4-5-6-7-8-9-10-11-12-13-14-15-16-17-26(31)27-18-19-28(20-24(29)22-38(32,33)34)21-25(30)23-39(35,36)37/h9-10,24-25,29-30H,2-8,11-23H2,1H3,(H,27,31)(H,32,33,34)(H,35,36,37)/b10-9-. The fourth-order valence-electron chi connectivity index (χ4n) is 4.24. The second-order valence-corrected chi connectivity index (χ2v) is 13.2. The molecule has 5 N–H and O–H groups in total. The summed E-state index contributed by atoms with van der Waals surface area (Å²) in [7, 11) is -8.88. The third-order valence-electron chi connectivity index (χ3n) is 6.16. The summed E-state index contributed by atoms with van der Waals surface area (Å²) >= 11 is 0. The highest BCUT2D eigenvalue weighted by Crippen LogP contribution is 2.10. The second-order valence-electron chi connectivity index (χ2n) is 10.2. The monoisotopic (exact) mass is 600 g/mol. The first-order chi connectivity index (χ1) is 18.3. The van der Waals surface area contributed by atoms with Crippen LogP contribution in [-0.4, -0.2) is 96.9 Å². The van der Waals surface area contributed by atoms with Gasteiger partial charge in [0.05, 0.1) is 12.2 Å². The number of amides is 1. The summed E-state index contributed by atoms with van der Waals surface area (Å²) in [4.78, 5) is 13.5. The molecule has 2 atom stereocenters. The van der Waals surface area contributed by atoms with E-state index < -0.39 is 43.9 Å². The topological polar surface area (TPSA) is 182 Å². The number of nitrogens with zero attached hydrogens (tertiary/aromatic N) is 1. The summed E-state index contributed by atoms with van der Waals surface area (Å²) in [5.74, 6) is -2.02. The van der Waals surface area contributed by atoms with Crippen molar-refractivity contribution in [2.75, 3.05) is 37.7 Å². The van der Waals surface area contributed by atoms with E-state index in [-0.39, 0.29) is 32.1 Å². The van der Waals surface area contributed by atoms with Crippen molar-refractivity contribution < 1.29 is 40.9 Å². The van der Waals surface area contributed by atoms with Gasteiger partial charge in [-0.1, -0.05) is 70.4 Å². The lowest BCUT2D eigenvalue weighted by Crippen LogP contribution is -2.45. The Bertz CT molecular complexity index is 823. The van der Waals surface area contributed by atoms with Gasteiger partial charge in [0.15, 0.2) is 0 Å². The van der Waals surface area contributed by atoms with Crippen molar-refractivity contribution in [3.63, 3.8) is 0 Å². The van der Waals surface area contributed by atoms with Gasteiger partial charge in [0, 0.05) is 32.6 Å². The molecular formula is C26H52N2O9S2. The molecule has 0 radical (unpaired) electrons. The Balaban J connectivity index is 4.08. The third kappa shape index (κ3) is 28.2. The molecule has 0 aliphatic rings. The Morgan fingerprint density at radius 1 is 0.744 bits per heavy atom. The van der Waals surface area contributed by atoms with Crippen LogP contribution in [0.25, 0.3) is 0 Å². The van der Waals surface area contributed by atoms with Crippen LogP contribution in [0.3, 0.4) is 0 Å². The van der Waals surface area contributed by atoms with Gasteiger partial charge >= 0.3 is 0 Å². The first-order valence-electron chi connectivity index (χ1n) is 14.2. The molecule has 0 rings (SSSR count). The number of hydrogen-bond acceptors (Lipinski definition) is 8. The Labute approximate surface area is 235 Å². The highest BCUT2D eigenvalue weighted by atomic mass is 32.2. The minimum absolute atomic E-state index is 0.0865. The van der Waals surface area contributed by atoms with Crippen molar-refractivity contribution >= 4 is 26.1 Å². The fourth-order valence-corrected chi connectivity index (χ4v) is 5.43. The molecule has 0 aromatic rings. The van der Waals surface area contributed by atoms with Crippen LogP contribution in [0.4, 0.5) is 0 Å². The van der Waals surface area contributed by atoms with E-state index in [1.165, 1.54) is 43.4 Å². The predicted octanol–water partition coefficient (Wildman–Crippen LogP) is 2.94. The minimum Gasteiger partial charge on any atom is -0.391 e. The molecule has 13 heteroatoms.